The Hall–Kier alpha value is -3.16. The van der Waals surface area contributed by atoms with Gasteiger partial charge in [0, 0.05) is 12.3 Å². The Kier molecular flexibility index (Phi) is 6.27. The number of esters is 1. The van der Waals surface area contributed by atoms with Gasteiger partial charge in [-0.25, -0.2) is 4.79 Å². The van der Waals surface area contributed by atoms with Gasteiger partial charge in [-0.1, -0.05) is 6.07 Å². The number of hydrogen-bond donors (Lipinski definition) is 1. The summed E-state index contributed by atoms with van der Waals surface area (Å²) in [5.74, 6) is -1.10. The van der Waals surface area contributed by atoms with Gasteiger partial charge in [0.05, 0.1) is 12.8 Å². The Bertz CT molecular complexity index is 756. The van der Waals surface area contributed by atoms with Gasteiger partial charge in [0.2, 0.25) is 5.78 Å². The minimum absolute atomic E-state index is 0.0951. The third-order valence-corrected chi connectivity index (χ3v) is 3.06. The molecular weight excluding hydrogens is 336 g/mol. The molecule has 0 amide bonds. The molecule has 0 aliphatic carbocycles. The molecule has 6 nitrogen and oxygen atoms in total. The summed E-state index contributed by atoms with van der Waals surface area (Å²) < 4.78 is 38.6. The Morgan fingerprint density at radius 2 is 2.04 bits per heavy atom. The van der Waals surface area contributed by atoms with Crippen LogP contribution in [0.3, 0.4) is 0 Å². The number of halogens is 2. The molecule has 1 heterocycles. The SMILES string of the molecule is COc1cc(/C=C/C(=O)OCC(=O)c2ccc[nH]2)ccc1OC(F)F. The van der Waals surface area contributed by atoms with Gasteiger partial charge >= 0.3 is 12.6 Å². The molecule has 25 heavy (non-hydrogen) atoms. The Labute approximate surface area is 142 Å². The van der Waals surface area contributed by atoms with Crippen LogP contribution in [-0.4, -0.2) is 37.1 Å². The van der Waals surface area contributed by atoms with Crippen LogP contribution in [0, 0.1) is 0 Å². The lowest BCUT2D eigenvalue weighted by Crippen LogP contribution is -2.12. The first-order valence-corrected chi connectivity index (χ1v) is 7.14. The van der Waals surface area contributed by atoms with Crippen molar-refractivity contribution in [2.24, 2.45) is 0 Å². The summed E-state index contributed by atoms with van der Waals surface area (Å²) in [4.78, 5) is 26.0. The number of ether oxygens (including phenoxy) is 3. The van der Waals surface area contributed by atoms with Crippen molar-refractivity contribution in [3.63, 3.8) is 0 Å². The molecule has 0 radical (unpaired) electrons. The van der Waals surface area contributed by atoms with Crippen molar-refractivity contribution in [2.45, 2.75) is 6.61 Å². The van der Waals surface area contributed by atoms with E-state index in [0.717, 1.165) is 6.08 Å². The van der Waals surface area contributed by atoms with Crippen molar-refractivity contribution >= 4 is 17.8 Å². The molecule has 1 aromatic heterocycles. The third-order valence-electron chi connectivity index (χ3n) is 3.06. The quantitative estimate of drug-likeness (QED) is 0.449. The second-order valence-electron chi connectivity index (χ2n) is 4.74. The van der Waals surface area contributed by atoms with Gasteiger partial charge in [0.25, 0.3) is 0 Å². The van der Waals surface area contributed by atoms with E-state index in [-0.39, 0.29) is 17.3 Å². The van der Waals surface area contributed by atoms with E-state index in [0.29, 0.717) is 11.3 Å². The number of aromatic nitrogens is 1. The number of H-pyrrole nitrogens is 1. The monoisotopic (exact) mass is 351 g/mol. The summed E-state index contributed by atoms with van der Waals surface area (Å²) in [6.45, 7) is -3.36. The topological polar surface area (TPSA) is 77.6 Å². The smallest absolute Gasteiger partial charge is 0.387 e. The first-order chi connectivity index (χ1) is 12.0. The molecule has 0 aliphatic rings. The van der Waals surface area contributed by atoms with Crippen LogP contribution in [0.25, 0.3) is 6.08 Å². The molecule has 0 atom stereocenters. The molecule has 0 spiro atoms. The maximum absolute atomic E-state index is 12.3. The van der Waals surface area contributed by atoms with Crippen LogP contribution < -0.4 is 9.47 Å². The second-order valence-corrected chi connectivity index (χ2v) is 4.74. The molecule has 0 bridgehead atoms. The van der Waals surface area contributed by atoms with E-state index in [9.17, 15) is 18.4 Å². The highest BCUT2D eigenvalue weighted by Gasteiger charge is 2.11. The second kappa shape index (κ2) is 8.62. The Balaban J connectivity index is 1.94. The van der Waals surface area contributed by atoms with Gasteiger partial charge in [-0.05, 0) is 35.9 Å². The fraction of sp³-hybridized carbons (Fsp3) is 0.176. The van der Waals surface area contributed by atoms with Crippen molar-refractivity contribution in [1.29, 1.82) is 0 Å². The van der Waals surface area contributed by atoms with Crippen molar-refractivity contribution < 1.29 is 32.6 Å². The number of rotatable bonds is 8. The molecule has 0 fully saturated rings. The number of carbonyl (C=O) groups is 2. The van der Waals surface area contributed by atoms with E-state index in [1.54, 1.807) is 18.3 Å². The maximum Gasteiger partial charge on any atom is 0.387 e. The standard InChI is InChI=1S/C17H15F2NO5/c1-23-15-9-11(4-6-14(15)25-17(18)19)5-7-16(22)24-10-13(21)12-3-2-8-20-12/h2-9,17,20H,10H2,1H3/b7-5+. The largest absolute Gasteiger partial charge is 0.493 e. The Morgan fingerprint density at radius 3 is 2.68 bits per heavy atom. The van der Waals surface area contributed by atoms with Crippen molar-refractivity contribution in [3.8, 4) is 11.5 Å². The highest BCUT2D eigenvalue weighted by atomic mass is 19.3. The van der Waals surface area contributed by atoms with E-state index in [2.05, 4.69) is 9.72 Å². The van der Waals surface area contributed by atoms with Crippen LogP contribution >= 0.6 is 0 Å². The van der Waals surface area contributed by atoms with Crippen molar-refractivity contribution in [1.82, 2.24) is 4.98 Å². The highest BCUT2D eigenvalue weighted by molar-refractivity contribution is 5.97. The number of hydrogen-bond acceptors (Lipinski definition) is 5. The molecule has 1 N–H and O–H groups in total. The van der Waals surface area contributed by atoms with Gasteiger partial charge in [-0.2, -0.15) is 8.78 Å². The van der Waals surface area contributed by atoms with Crippen LogP contribution in [0.1, 0.15) is 16.1 Å². The molecular formula is C17H15F2NO5. The number of nitrogens with one attached hydrogen (secondary N) is 1. The van der Waals surface area contributed by atoms with Crippen LogP contribution in [0.5, 0.6) is 11.5 Å². The minimum atomic E-state index is -2.97. The number of benzene rings is 1. The van der Waals surface area contributed by atoms with E-state index in [1.165, 1.54) is 31.4 Å². The highest BCUT2D eigenvalue weighted by Crippen LogP contribution is 2.29. The summed E-state index contributed by atoms with van der Waals surface area (Å²) in [7, 11) is 1.31. The number of Topliss-reactive ketones (excluding diaryl/α,β-unsaturated/α-hetero) is 1. The normalized spacial score (nSPS) is 10.9. The molecule has 8 heteroatoms. The Morgan fingerprint density at radius 1 is 1.24 bits per heavy atom. The first kappa shape index (κ1) is 18.2. The van der Waals surface area contributed by atoms with Crippen molar-refractivity contribution in [3.05, 3.63) is 53.9 Å². The molecule has 2 aromatic rings. The molecule has 132 valence electrons. The zero-order chi connectivity index (χ0) is 18.2. The molecule has 0 unspecified atom stereocenters. The first-order valence-electron chi connectivity index (χ1n) is 7.14. The van der Waals surface area contributed by atoms with Crippen LogP contribution in [0.4, 0.5) is 8.78 Å². The van der Waals surface area contributed by atoms with Crippen LogP contribution in [0.15, 0.2) is 42.6 Å². The lowest BCUT2D eigenvalue weighted by molar-refractivity contribution is -0.136. The summed E-state index contributed by atoms with van der Waals surface area (Å²) in [5.41, 5.74) is 0.849. The number of alkyl halides is 2. The zero-order valence-corrected chi connectivity index (χ0v) is 13.2. The number of aromatic amines is 1. The van der Waals surface area contributed by atoms with E-state index in [4.69, 9.17) is 9.47 Å². The van der Waals surface area contributed by atoms with E-state index < -0.39 is 19.2 Å². The van der Waals surface area contributed by atoms with Gasteiger partial charge in [0.1, 0.15) is 0 Å². The predicted molar refractivity (Wildman–Crippen MR) is 84.7 cm³/mol. The number of carbonyl (C=O) groups excluding carboxylic acids is 2. The lowest BCUT2D eigenvalue weighted by Gasteiger charge is -2.10. The number of methoxy groups -OCH3 is 1. The van der Waals surface area contributed by atoms with Gasteiger partial charge < -0.3 is 19.2 Å². The van der Waals surface area contributed by atoms with Crippen molar-refractivity contribution in [2.75, 3.05) is 13.7 Å². The fourth-order valence-corrected chi connectivity index (χ4v) is 1.91. The van der Waals surface area contributed by atoms with E-state index >= 15 is 0 Å². The summed E-state index contributed by atoms with van der Waals surface area (Å²) in [5, 5.41) is 0. The maximum atomic E-state index is 12.3. The third kappa shape index (κ3) is 5.45. The fourth-order valence-electron chi connectivity index (χ4n) is 1.91. The zero-order valence-electron chi connectivity index (χ0n) is 13.2. The molecule has 0 aliphatic heterocycles. The molecule has 0 saturated heterocycles. The van der Waals surface area contributed by atoms with Gasteiger partial charge in [0.15, 0.2) is 18.1 Å². The van der Waals surface area contributed by atoms with Crippen LogP contribution in [0.2, 0.25) is 0 Å². The van der Waals surface area contributed by atoms with Crippen LogP contribution in [-0.2, 0) is 9.53 Å². The predicted octanol–water partition coefficient (Wildman–Crippen LogP) is 3.06. The van der Waals surface area contributed by atoms with Gasteiger partial charge in [-0.3, -0.25) is 4.79 Å². The molecule has 2 rings (SSSR count). The van der Waals surface area contributed by atoms with Gasteiger partial charge in [-0.15, -0.1) is 0 Å². The summed E-state index contributed by atoms with van der Waals surface area (Å²) in [6, 6.07) is 7.41. The summed E-state index contributed by atoms with van der Waals surface area (Å²) in [6.07, 6.45) is 4.10. The molecule has 1 aromatic carbocycles. The average molecular weight is 351 g/mol. The minimum Gasteiger partial charge on any atom is -0.493 e. The van der Waals surface area contributed by atoms with E-state index in [1.807, 2.05) is 0 Å². The average Bonchev–Trinajstić information content (AvgIpc) is 3.13. The number of ketones is 1. The lowest BCUT2D eigenvalue weighted by atomic mass is 10.2. The summed E-state index contributed by atoms with van der Waals surface area (Å²) >= 11 is 0. The molecule has 0 saturated carbocycles.